The Bertz CT molecular complexity index is 971. The molecule has 0 fully saturated rings. The number of nitrogens with one attached hydrogen (secondary N) is 2. The molecule has 138 valence electrons. The number of hydrogen-bond acceptors (Lipinski definition) is 5. The molecular weight excluding hydrogens is 360 g/mol. The van der Waals surface area contributed by atoms with Crippen LogP contribution in [0.4, 0.5) is 5.69 Å². The Labute approximate surface area is 161 Å². The zero-order chi connectivity index (χ0) is 19.2. The van der Waals surface area contributed by atoms with Gasteiger partial charge in [0.2, 0.25) is 5.91 Å². The number of hydrogen-bond donors (Lipinski definition) is 2. The molecule has 1 unspecified atom stereocenters. The van der Waals surface area contributed by atoms with Crippen molar-refractivity contribution in [1.82, 2.24) is 15.2 Å². The summed E-state index contributed by atoms with van der Waals surface area (Å²) in [6.07, 6.45) is 0.950. The first-order valence-electron chi connectivity index (χ1n) is 8.65. The van der Waals surface area contributed by atoms with Gasteiger partial charge < -0.3 is 5.32 Å². The van der Waals surface area contributed by atoms with Crippen molar-refractivity contribution in [3.8, 4) is 11.3 Å². The number of aryl methyl sites for hydroxylation is 1. The van der Waals surface area contributed by atoms with Crippen molar-refractivity contribution >= 4 is 23.4 Å². The highest BCUT2D eigenvalue weighted by molar-refractivity contribution is 8.00. The second kappa shape index (κ2) is 8.64. The van der Waals surface area contributed by atoms with Crippen LogP contribution in [0, 0.1) is 0 Å². The van der Waals surface area contributed by atoms with Crippen LogP contribution in [0.25, 0.3) is 11.3 Å². The topological polar surface area (TPSA) is 87.7 Å². The van der Waals surface area contributed by atoms with Crippen molar-refractivity contribution in [1.29, 1.82) is 0 Å². The normalized spacial score (nSPS) is 11.8. The molecule has 3 rings (SSSR count). The maximum absolute atomic E-state index is 12.4. The standard InChI is InChI=1S/C20H20N4O2S/c1-3-14-9-11-16(12-10-14)21-18(25)13(2)27-20-22-19(26)17(23-24-20)15-7-5-4-6-8-15/h4-13H,3H2,1-2H3,(H,21,25)(H,22,24,26). The molecule has 0 aliphatic heterocycles. The van der Waals surface area contributed by atoms with E-state index in [1.54, 1.807) is 19.1 Å². The van der Waals surface area contributed by atoms with Crippen LogP contribution >= 0.6 is 11.8 Å². The number of aromatic amines is 1. The average molecular weight is 380 g/mol. The third-order valence-electron chi connectivity index (χ3n) is 4.01. The Hall–Kier alpha value is -2.93. The van der Waals surface area contributed by atoms with Gasteiger partial charge in [0.25, 0.3) is 5.56 Å². The van der Waals surface area contributed by atoms with Crippen molar-refractivity contribution in [2.45, 2.75) is 30.7 Å². The van der Waals surface area contributed by atoms with Crippen molar-refractivity contribution in [3.63, 3.8) is 0 Å². The molecule has 0 radical (unpaired) electrons. The van der Waals surface area contributed by atoms with Gasteiger partial charge in [0.1, 0.15) is 0 Å². The van der Waals surface area contributed by atoms with Crippen LogP contribution in [0.1, 0.15) is 19.4 Å². The third-order valence-corrected chi connectivity index (χ3v) is 4.99. The van der Waals surface area contributed by atoms with E-state index in [-0.39, 0.29) is 17.2 Å². The number of carbonyl (C=O) groups excluding carboxylic acids is 1. The molecule has 27 heavy (non-hydrogen) atoms. The third kappa shape index (κ3) is 4.83. The highest BCUT2D eigenvalue weighted by atomic mass is 32.2. The number of carbonyl (C=O) groups is 1. The van der Waals surface area contributed by atoms with Gasteiger partial charge >= 0.3 is 0 Å². The first-order valence-corrected chi connectivity index (χ1v) is 9.53. The lowest BCUT2D eigenvalue weighted by molar-refractivity contribution is -0.115. The summed E-state index contributed by atoms with van der Waals surface area (Å²) in [5.41, 5.74) is 2.57. The molecule has 1 amide bonds. The van der Waals surface area contributed by atoms with Crippen LogP contribution < -0.4 is 10.9 Å². The zero-order valence-electron chi connectivity index (χ0n) is 15.1. The molecule has 0 bridgehead atoms. The van der Waals surface area contributed by atoms with E-state index in [1.807, 2.05) is 42.5 Å². The van der Waals surface area contributed by atoms with Crippen LogP contribution in [0.2, 0.25) is 0 Å². The van der Waals surface area contributed by atoms with Gasteiger partial charge in [-0.2, -0.15) is 0 Å². The lowest BCUT2D eigenvalue weighted by Gasteiger charge is -2.11. The highest BCUT2D eigenvalue weighted by Crippen LogP contribution is 2.20. The smallest absolute Gasteiger partial charge is 0.278 e. The Morgan fingerprint density at radius 3 is 2.44 bits per heavy atom. The van der Waals surface area contributed by atoms with E-state index in [1.165, 1.54) is 5.56 Å². The van der Waals surface area contributed by atoms with Crippen molar-refractivity contribution in [3.05, 3.63) is 70.5 Å². The molecule has 3 aromatic rings. The summed E-state index contributed by atoms with van der Waals surface area (Å²) in [5.74, 6) is -0.168. The summed E-state index contributed by atoms with van der Waals surface area (Å²) in [6, 6.07) is 16.9. The summed E-state index contributed by atoms with van der Waals surface area (Å²) < 4.78 is 0. The second-order valence-corrected chi connectivity index (χ2v) is 7.30. The van der Waals surface area contributed by atoms with Crippen LogP contribution in [-0.4, -0.2) is 26.3 Å². The van der Waals surface area contributed by atoms with Gasteiger partial charge in [-0.15, -0.1) is 10.2 Å². The molecule has 6 nitrogen and oxygen atoms in total. The molecule has 7 heteroatoms. The first-order chi connectivity index (χ1) is 13.1. The minimum Gasteiger partial charge on any atom is -0.325 e. The van der Waals surface area contributed by atoms with E-state index in [2.05, 4.69) is 27.4 Å². The van der Waals surface area contributed by atoms with E-state index in [9.17, 15) is 9.59 Å². The van der Waals surface area contributed by atoms with E-state index >= 15 is 0 Å². The van der Waals surface area contributed by atoms with E-state index in [0.29, 0.717) is 10.7 Å². The molecule has 1 aromatic heterocycles. The lowest BCUT2D eigenvalue weighted by Crippen LogP contribution is -2.23. The predicted molar refractivity (Wildman–Crippen MR) is 108 cm³/mol. The number of thioether (sulfide) groups is 1. The van der Waals surface area contributed by atoms with E-state index < -0.39 is 5.25 Å². The highest BCUT2D eigenvalue weighted by Gasteiger charge is 2.17. The Morgan fingerprint density at radius 1 is 1.11 bits per heavy atom. The largest absolute Gasteiger partial charge is 0.325 e. The number of benzene rings is 2. The monoisotopic (exact) mass is 380 g/mol. The maximum Gasteiger partial charge on any atom is 0.278 e. The SMILES string of the molecule is CCc1ccc(NC(=O)C(C)Sc2nnc(-c3ccccc3)c(=O)[nH]2)cc1. The molecular formula is C20H20N4O2S. The van der Waals surface area contributed by atoms with Crippen molar-refractivity contribution < 1.29 is 4.79 Å². The maximum atomic E-state index is 12.4. The minimum atomic E-state index is -0.441. The number of nitrogens with zero attached hydrogens (tertiary/aromatic N) is 2. The molecule has 0 aliphatic rings. The Morgan fingerprint density at radius 2 is 1.81 bits per heavy atom. The van der Waals surface area contributed by atoms with Gasteiger partial charge in [0, 0.05) is 11.3 Å². The van der Waals surface area contributed by atoms with Gasteiger partial charge in [-0.05, 0) is 31.0 Å². The molecule has 2 N–H and O–H groups in total. The summed E-state index contributed by atoms with van der Waals surface area (Å²) in [7, 11) is 0. The number of H-pyrrole nitrogens is 1. The molecule has 1 heterocycles. The van der Waals surface area contributed by atoms with Gasteiger partial charge in [0.05, 0.1) is 5.25 Å². The summed E-state index contributed by atoms with van der Waals surface area (Å²) in [4.78, 5) is 27.3. The van der Waals surface area contributed by atoms with Crippen LogP contribution in [0.15, 0.2) is 64.5 Å². The second-order valence-electron chi connectivity index (χ2n) is 5.97. The number of aromatic nitrogens is 3. The summed E-state index contributed by atoms with van der Waals surface area (Å²) >= 11 is 1.16. The average Bonchev–Trinajstić information content (AvgIpc) is 2.69. The fourth-order valence-electron chi connectivity index (χ4n) is 2.45. The quantitative estimate of drug-likeness (QED) is 0.639. The molecule has 0 saturated carbocycles. The Balaban J connectivity index is 1.66. The van der Waals surface area contributed by atoms with Gasteiger partial charge in [0.15, 0.2) is 10.9 Å². The van der Waals surface area contributed by atoms with Crippen LogP contribution in [0.3, 0.4) is 0 Å². The molecule has 1 atom stereocenters. The van der Waals surface area contributed by atoms with Crippen molar-refractivity contribution in [2.24, 2.45) is 0 Å². The molecule has 0 spiro atoms. The van der Waals surface area contributed by atoms with Gasteiger partial charge in [-0.25, -0.2) is 0 Å². The predicted octanol–water partition coefficient (Wildman–Crippen LogP) is 3.51. The fourth-order valence-corrected chi connectivity index (χ4v) is 3.19. The molecule has 0 aliphatic carbocycles. The summed E-state index contributed by atoms with van der Waals surface area (Å²) in [5, 5.41) is 10.8. The molecule has 2 aromatic carbocycles. The molecule has 0 saturated heterocycles. The zero-order valence-corrected chi connectivity index (χ0v) is 15.9. The fraction of sp³-hybridized carbons (Fsp3) is 0.200. The van der Waals surface area contributed by atoms with Gasteiger partial charge in [-0.1, -0.05) is 61.2 Å². The van der Waals surface area contributed by atoms with Crippen LogP contribution in [0.5, 0.6) is 0 Å². The van der Waals surface area contributed by atoms with E-state index in [4.69, 9.17) is 0 Å². The van der Waals surface area contributed by atoms with Crippen molar-refractivity contribution in [2.75, 3.05) is 5.32 Å². The lowest BCUT2D eigenvalue weighted by atomic mass is 10.1. The first kappa shape index (κ1) is 18.8. The minimum absolute atomic E-state index is 0.168. The number of anilines is 1. The number of amides is 1. The number of rotatable bonds is 6. The van der Waals surface area contributed by atoms with E-state index in [0.717, 1.165) is 23.9 Å². The Kier molecular flexibility index (Phi) is 6.03. The van der Waals surface area contributed by atoms with Crippen LogP contribution in [-0.2, 0) is 11.2 Å². The summed E-state index contributed by atoms with van der Waals surface area (Å²) in [6.45, 7) is 3.84. The van der Waals surface area contributed by atoms with Gasteiger partial charge in [-0.3, -0.25) is 14.6 Å².